The van der Waals surface area contributed by atoms with Crippen LogP contribution in [0.1, 0.15) is 70.4 Å². The summed E-state index contributed by atoms with van der Waals surface area (Å²) >= 11 is 0. The first-order valence-electron chi connectivity index (χ1n) is 20.4. The third-order valence-corrected chi connectivity index (χ3v) is 13.4. The molecule has 0 radical (unpaired) electrons. The summed E-state index contributed by atoms with van der Waals surface area (Å²) in [5.41, 5.74) is 4.26. The van der Waals surface area contributed by atoms with Gasteiger partial charge >= 0.3 is 18.2 Å². The Labute approximate surface area is 336 Å². The van der Waals surface area contributed by atoms with Crippen molar-refractivity contribution in [3.63, 3.8) is 0 Å². The van der Waals surface area contributed by atoms with Gasteiger partial charge in [0.05, 0.1) is 35.3 Å². The molecule has 0 spiro atoms. The van der Waals surface area contributed by atoms with Crippen LogP contribution in [-0.2, 0) is 14.2 Å². The molecular formula is C43H56N6O7Si-. The molecule has 1 aliphatic carbocycles. The standard InChI is InChI=1S/C43H56N6O7Si/c1-26-32-11-9-10-27-20-31(54-25-52-5)21-33(36(27)32)37-35(26)38-34(22-44-37)39(48-23-28-12-13-29(24-48)49(28)42(51)56-43(2,3)4)46-40(45-38)55-30-14-16-47(17-15-30)41(50)53-18-19-57(6,7)8/h9-11,20-22,26,28-30H,12-19,23-25H2,1-8H3/q-1. The van der Waals surface area contributed by atoms with Gasteiger partial charge in [0.15, 0.2) is 6.79 Å². The van der Waals surface area contributed by atoms with Gasteiger partial charge in [-0.15, -0.1) is 14.1 Å². The van der Waals surface area contributed by atoms with Gasteiger partial charge in [-0.1, -0.05) is 25.1 Å². The van der Waals surface area contributed by atoms with Gasteiger partial charge in [-0.05, 0) is 62.1 Å². The van der Waals surface area contributed by atoms with Gasteiger partial charge in [-0.25, -0.2) is 9.59 Å². The average molecular weight is 797 g/mol. The molecular weight excluding hydrogens is 741 g/mol. The Bertz CT molecular complexity index is 2170. The lowest BCUT2D eigenvalue weighted by molar-refractivity contribution is 0.0122. The van der Waals surface area contributed by atoms with Crippen LogP contribution in [0.15, 0.2) is 36.5 Å². The summed E-state index contributed by atoms with van der Waals surface area (Å²) in [6.07, 6.45) is 4.28. The van der Waals surface area contributed by atoms with E-state index in [9.17, 15) is 9.59 Å². The fraction of sp³-hybridized carbons (Fsp3) is 0.558. The number of pyridine rings is 1. The number of likely N-dealkylation sites (tertiary alicyclic amines) is 1. The number of aromatic nitrogens is 3. The lowest BCUT2D eigenvalue weighted by atomic mass is 9.79. The highest BCUT2D eigenvalue weighted by Crippen LogP contribution is 2.49. The van der Waals surface area contributed by atoms with Gasteiger partial charge in [-0.2, -0.15) is 29.6 Å². The highest BCUT2D eigenvalue weighted by molar-refractivity contribution is 6.76. The second-order valence-corrected chi connectivity index (χ2v) is 23.8. The Morgan fingerprint density at radius 1 is 0.965 bits per heavy atom. The lowest BCUT2D eigenvalue weighted by Gasteiger charge is -2.42. The maximum atomic E-state index is 13.4. The molecule has 14 heteroatoms. The number of piperazine rings is 1. The molecule has 8 rings (SSSR count). The fourth-order valence-corrected chi connectivity index (χ4v) is 9.58. The number of carbonyl (C=O) groups is 2. The summed E-state index contributed by atoms with van der Waals surface area (Å²) in [6, 6.07) is 11.7. The van der Waals surface area contributed by atoms with Crippen molar-refractivity contribution in [3.05, 3.63) is 47.7 Å². The van der Waals surface area contributed by atoms with E-state index in [4.69, 9.17) is 38.6 Å². The van der Waals surface area contributed by atoms with Crippen LogP contribution < -0.4 is 14.4 Å². The van der Waals surface area contributed by atoms with E-state index < -0.39 is 13.7 Å². The SMILES string of the molecule is COCOc1cc2c3c(cccc3c1)C(C)c1c-2ncc2c(N3CC4CCC(C3)N4C(=O)OC(C)(C)C)nc(OC3CCN(C(=O)OCC[Si-](C)(C)C)CC3)nc12. The van der Waals surface area contributed by atoms with E-state index in [2.05, 4.69) is 55.7 Å². The monoisotopic (exact) mass is 796 g/mol. The van der Waals surface area contributed by atoms with Crippen LogP contribution in [0.25, 0.3) is 32.9 Å². The van der Waals surface area contributed by atoms with Crippen LogP contribution in [0.2, 0.25) is 25.7 Å². The maximum absolute atomic E-state index is 13.4. The van der Waals surface area contributed by atoms with Gasteiger partial charge in [-0.3, -0.25) is 9.88 Å². The predicted molar refractivity (Wildman–Crippen MR) is 222 cm³/mol. The number of amides is 2. The van der Waals surface area contributed by atoms with E-state index in [1.165, 1.54) is 5.56 Å². The van der Waals surface area contributed by atoms with Crippen LogP contribution in [0.5, 0.6) is 11.8 Å². The normalized spacial score (nSPS) is 20.8. The molecule has 4 aromatic rings. The summed E-state index contributed by atoms with van der Waals surface area (Å²) in [6.45, 7) is 17.7. The van der Waals surface area contributed by atoms with E-state index in [0.717, 1.165) is 63.2 Å². The first-order chi connectivity index (χ1) is 27.2. The molecule has 3 atom stereocenters. The minimum Gasteiger partial charge on any atom is -0.468 e. The number of hydrogen-bond acceptors (Lipinski definition) is 11. The van der Waals surface area contributed by atoms with Crippen molar-refractivity contribution in [2.24, 2.45) is 0 Å². The smallest absolute Gasteiger partial charge is 0.410 e. The molecule has 3 unspecified atom stereocenters. The molecule has 2 aromatic carbocycles. The maximum Gasteiger partial charge on any atom is 0.410 e. The third kappa shape index (κ3) is 7.94. The molecule has 5 heterocycles. The van der Waals surface area contributed by atoms with Crippen molar-refractivity contribution < 1.29 is 33.3 Å². The molecule has 3 saturated heterocycles. The molecule has 0 N–H and O–H groups in total. The van der Waals surface area contributed by atoms with Gasteiger partial charge in [0, 0.05) is 69.4 Å². The molecule has 4 aliphatic rings. The van der Waals surface area contributed by atoms with Gasteiger partial charge < -0.3 is 33.5 Å². The van der Waals surface area contributed by atoms with Crippen molar-refractivity contribution in [1.29, 1.82) is 0 Å². The summed E-state index contributed by atoms with van der Waals surface area (Å²) in [7, 11) is 0.305. The van der Waals surface area contributed by atoms with E-state index in [-0.39, 0.29) is 43.1 Å². The minimum atomic E-state index is -1.31. The molecule has 2 bridgehead atoms. The number of anilines is 1. The van der Waals surface area contributed by atoms with Gasteiger partial charge in [0.2, 0.25) is 0 Å². The van der Waals surface area contributed by atoms with E-state index in [1.807, 2.05) is 37.9 Å². The van der Waals surface area contributed by atoms with Gasteiger partial charge in [0.25, 0.3) is 0 Å². The molecule has 13 nitrogen and oxygen atoms in total. The second-order valence-electron chi connectivity index (χ2n) is 18.2. The van der Waals surface area contributed by atoms with Crippen molar-refractivity contribution in [2.45, 2.75) is 109 Å². The topological polar surface area (TPSA) is 129 Å². The summed E-state index contributed by atoms with van der Waals surface area (Å²) in [5, 5.41) is 3.07. The first-order valence-corrected chi connectivity index (χ1v) is 24.1. The Morgan fingerprint density at radius 2 is 1.70 bits per heavy atom. The second kappa shape index (κ2) is 15.2. The minimum absolute atomic E-state index is 0.0117. The molecule has 2 amide bonds. The Kier molecular flexibility index (Phi) is 10.5. The molecule has 3 fully saturated rings. The van der Waals surface area contributed by atoms with Crippen LogP contribution in [0.3, 0.4) is 0 Å². The zero-order chi connectivity index (χ0) is 40.2. The average Bonchev–Trinajstić information content (AvgIpc) is 3.43. The Balaban J connectivity index is 1.15. The summed E-state index contributed by atoms with van der Waals surface area (Å²) in [5.74, 6) is 1.43. The van der Waals surface area contributed by atoms with E-state index in [0.29, 0.717) is 57.4 Å². The Morgan fingerprint density at radius 3 is 2.39 bits per heavy atom. The molecule has 305 valence electrons. The molecule has 57 heavy (non-hydrogen) atoms. The first kappa shape index (κ1) is 39.1. The van der Waals surface area contributed by atoms with Crippen molar-refractivity contribution >= 4 is 47.8 Å². The zero-order valence-corrected chi connectivity index (χ0v) is 35.6. The number of benzene rings is 2. The van der Waals surface area contributed by atoms with E-state index in [1.54, 1.807) is 12.0 Å². The van der Waals surface area contributed by atoms with Crippen molar-refractivity contribution in [1.82, 2.24) is 24.8 Å². The summed E-state index contributed by atoms with van der Waals surface area (Å²) in [4.78, 5) is 47.8. The van der Waals surface area contributed by atoms with Crippen LogP contribution in [0.4, 0.5) is 15.4 Å². The van der Waals surface area contributed by atoms with Crippen LogP contribution >= 0.6 is 0 Å². The van der Waals surface area contributed by atoms with Crippen LogP contribution in [-0.4, -0.2) is 115 Å². The number of methoxy groups -OCH3 is 1. The number of fused-ring (bicyclic) bond motifs is 6. The highest BCUT2D eigenvalue weighted by atomic mass is 28.3. The number of rotatable bonds is 9. The summed E-state index contributed by atoms with van der Waals surface area (Å²) < 4.78 is 29.4. The molecule has 0 saturated carbocycles. The molecule has 2 aromatic heterocycles. The van der Waals surface area contributed by atoms with Gasteiger partial charge in [0.1, 0.15) is 23.3 Å². The van der Waals surface area contributed by atoms with Crippen molar-refractivity contribution in [2.75, 3.05) is 51.6 Å². The number of carbonyl (C=O) groups excluding carboxylic acids is 2. The highest BCUT2D eigenvalue weighted by Gasteiger charge is 2.45. The molecule has 3 aliphatic heterocycles. The predicted octanol–water partition coefficient (Wildman–Crippen LogP) is 8.20. The number of ether oxygens (including phenoxy) is 5. The zero-order valence-electron chi connectivity index (χ0n) is 34.6. The quantitative estimate of drug-likeness (QED) is 0.120. The Hall–Kier alpha value is -4.69. The van der Waals surface area contributed by atoms with Crippen LogP contribution in [0, 0.1) is 0 Å². The van der Waals surface area contributed by atoms with E-state index >= 15 is 0 Å². The number of piperidine rings is 1. The number of nitrogens with zero attached hydrogens (tertiary/aromatic N) is 6. The largest absolute Gasteiger partial charge is 0.468 e. The fourth-order valence-electron chi connectivity index (χ4n) is 8.86. The number of hydrogen-bond donors (Lipinski definition) is 0. The van der Waals surface area contributed by atoms with Crippen molar-refractivity contribution in [3.8, 4) is 23.0 Å². The lowest BCUT2D eigenvalue weighted by Crippen LogP contribution is -2.57. The third-order valence-electron chi connectivity index (χ3n) is 11.7.